The summed E-state index contributed by atoms with van der Waals surface area (Å²) in [5, 5.41) is 21.5. The average Bonchev–Trinajstić information content (AvgIpc) is 2.41. The molecule has 0 bridgehead atoms. The lowest BCUT2D eigenvalue weighted by atomic mass is 10.2. The zero-order valence-electron chi connectivity index (χ0n) is 10.5. The molecule has 0 saturated carbocycles. The standard InChI is InChI=1S/C10H12ClFN4O4S/c11-7-3-6(12)1-2-10(7)21(19,20)15-8(5-17)9(18)4-14-16-13/h1-3,8-9,15,17-18H,4-5H2/t8-,9+/m0/s1. The summed E-state index contributed by atoms with van der Waals surface area (Å²) in [4.78, 5) is 2.01. The second kappa shape index (κ2) is 7.55. The van der Waals surface area contributed by atoms with Crippen LogP contribution in [-0.4, -0.2) is 43.9 Å². The van der Waals surface area contributed by atoms with Crippen molar-refractivity contribution in [3.63, 3.8) is 0 Å². The van der Waals surface area contributed by atoms with Crippen LogP contribution < -0.4 is 4.72 Å². The highest BCUT2D eigenvalue weighted by Crippen LogP contribution is 2.22. The van der Waals surface area contributed by atoms with Crippen LogP contribution in [0.15, 0.2) is 28.2 Å². The molecule has 1 aromatic rings. The fourth-order valence-corrected chi connectivity index (χ4v) is 3.23. The molecule has 0 aromatic heterocycles. The minimum atomic E-state index is -4.19. The number of nitrogens with zero attached hydrogens (tertiary/aromatic N) is 3. The van der Waals surface area contributed by atoms with E-state index >= 15 is 0 Å². The Morgan fingerprint density at radius 1 is 1.52 bits per heavy atom. The number of azide groups is 1. The first-order valence-corrected chi connectivity index (χ1v) is 7.45. The second-order valence-electron chi connectivity index (χ2n) is 3.97. The lowest BCUT2D eigenvalue weighted by Gasteiger charge is -2.21. The van der Waals surface area contributed by atoms with Crippen molar-refractivity contribution in [2.45, 2.75) is 17.0 Å². The smallest absolute Gasteiger partial charge is 0.242 e. The highest BCUT2D eigenvalue weighted by Gasteiger charge is 2.26. The molecule has 0 saturated heterocycles. The average molecular weight is 339 g/mol. The van der Waals surface area contributed by atoms with Crippen LogP contribution in [0.4, 0.5) is 4.39 Å². The summed E-state index contributed by atoms with van der Waals surface area (Å²) in [5.74, 6) is -0.707. The molecule has 21 heavy (non-hydrogen) atoms. The zero-order chi connectivity index (χ0) is 16.0. The Morgan fingerprint density at radius 2 is 2.19 bits per heavy atom. The Hall–Kier alpha value is -1.42. The molecular formula is C10H12ClFN4O4S. The van der Waals surface area contributed by atoms with Gasteiger partial charge in [0.05, 0.1) is 30.3 Å². The van der Waals surface area contributed by atoms with Gasteiger partial charge in [0.25, 0.3) is 0 Å². The van der Waals surface area contributed by atoms with Crippen LogP contribution in [-0.2, 0) is 10.0 Å². The van der Waals surface area contributed by atoms with Gasteiger partial charge in [-0.25, -0.2) is 17.5 Å². The summed E-state index contributed by atoms with van der Waals surface area (Å²) in [6.07, 6.45) is -1.43. The zero-order valence-corrected chi connectivity index (χ0v) is 12.1. The summed E-state index contributed by atoms with van der Waals surface area (Å²) in [6, 6.07) is 1.38. The van der Waals surface area contributed by atoms with Gasteiger partial charge in [0.1, 0.15) is 10.7 Å². The van der Waals surface area contributed by atoms with Gasteiger partial charge in [-0.15, -0.1) is 0 Å². The van der Waals surface area contributed by atoms with Crippen LogP contribution in [0.25, 0.3) is 10.4 Å². The molecule has 2 atom stereocenters. The summed E-state index contributed by atoms with van der Waals surface area (Å²) in [5.41, 5.74) is 8.14. The molecule has 8 nitrogen and oxygen atoms in total. The van der Waals surface area contributed by atoms with Crippen molar-refractivity contribution in [1.29, 1.82) is 0 Å². The van der Waals surface area contributed by atoms with Gasteiger partial charge in [-0.1, -0.05) is 16.7 Å². The van der Waals surface area contributed by atoms with Gasteiger partial charge in [-0.2, -0.15) is 0 Å². The van der Waals surface area contributed by atoms with E-state index < -0.39 is 46.0 Å². The van der Waals surface area contributed by atoms with Crippen LogP contribution in [0, 0.1) is 5.82 Å². The van der Waals surface area contributed by atoms with E-state index in [1.54, 1.807) is 0 Å². The maximum absolute atomic E-state index is 12.9. The fourth-order valence-electron chi connectivity index (χ4n) is 1.44. The van der Waals surface area contributed by atoms with Crippen molar-refractivity contribution in [3.05, 3.63) is 39.5 Å². The molecule has 0 aliphatic rings. The van der Waals surface area contributed by atoms with Crippen LogP contribution in [0.3, 0.4) is 0 Å². The molecule has 0 unspecified atom stereocenters. The Morgan fingerprint density at radius 3 is 2.71 bits per heavy atom. The minimum Gasteiger partial charge on any atom is -0.395 e. The molecule has 0 spiro atoms. The number of hydrogen-bond donors (Lipinski definition) is 3. The molecule has 1 aromatic carbocycles. The molecule has 0 amide bonds. The number of nitrogens with one attached hydrogen (secondary N) is 1. The SMILES string of the molecule is [N-]=[N+]=NC[C@@H](O)[C@H](CO)NS(=O)(=O)c1ccc(F)cc1Cl. The Kier molecular flexibility index (Phi) is 6.34. The number of sulfonamides is 1. The van der Waals surface area contributed by atoms with E-state index in [4.69, 9.17) is 22.2 Å². The van der Waals surface area contributed by atoms with E-state index in [0.717, 1.165) is 18.2 Å². The first-order chi connectivity index (χ1) is 9.81. The molecule has 3 N–H and O–H groups in total. The molecule has 0 radical (unpaired) electrons. The normalized spacial score (nSPS) is 14.3. The molecular weight excluding hydrogens is 327 g/mol. The fraction of sp³-hybridized carbons (Fsp3) is 0.400. The molecule has 0 aliphatic heterocycles. The van der Waals surface area contributed by atoms with Gasteiger partial charge in [0.15, 0.2) is 0 Å². The summed E-state index contributed by atoms with van der Waals surface area (Å²) in [7, 11) is -4.19. The molecule has 1 rings (SSSR count). The molecule has 0 heterocycles. The predicted octanol–water partition coefficient (Wildman–Crippen LogP) is 0.790. The van der Waals surface area contributed by atoms with Crippen LogP contribution >= 0.6 is 11.6 Å². The van der Waals surface area contributed by atoms with E-state index in [1.807, 2.05) is 4.72 Å². The van der Waals surface area contributed by atoms with Crippen LogP contribution in [0.2, 0.25) is 5.02 Å². The van der Waals surface area contributed by atoms with Gasteiger partial charge >= 0.3 is 0 Å². The van der Waals surface area contributed by atoms with Crippen LogP contribution in [0.1, 0.15) is 0 Å². The van der Waals surface area contributed by atoms with Gasteiger partial charge in [-0.3, -0.25) is 0 Å². The number of benzene rings is 1. The van der Waals surface area contributed by atoms with Crippen LogP contribution in [0.5, 0.6) is 0 Å². The van der Waals surface area contributed by atoms with E-state index in [2.05, 4.69) is 10.0 Å². The maximum atomic E-state index is 12.9. The van der Waals surface area contributed by atoms with E-state index in [1.165, 1.54) is 0 Å². The number of rotatable bonds is 7. The van der Waals surface area contributed by atoms with Gasteiger partial charge in [0, 0.05) is 4.91 Å². The van der Waals surface area contributed by atoms with Crippen molar-refractivity contribution in [1.82, 2.24) is 4.72 Å². The first-order valence-electron chi connectivity index (χ1n) is 5.59. The third-order valence-corrected chi connectivity index (χ3v) is 4.46. The summed E-state index contributed by atoms with van der Waals surface area (Å²) >= 11 is 5.65. The number of aliphatic hydroxyl groups excluding tert-OH is 2. The molecule has 11 heteroatoms. The predicted molar refractivity (Wildman–Crippen MR) is 72.6 cm³/mol. The van der Waals surface area contributed by atoms with E-state index in [9.17, 15) is 17.9 Å². The highest BCUT2D eigenvalue weighted by molar-refractivity contribution is 7.89. The largest absolute Gasteiger partial charge is 0.395 e. The molecule has 0 fully saturated rings. The number of aliphatic hydroxyl groups is 2. The number of halogens is 2. The third kappa shape index (κ3) is 4.81. The quantitative estimate of drug-likeness (QED) is 0.384. The Balaban J connectivity index is 2.99. The Labute approximate surface area is 124 Å². The third-order valence-electron chi connectivity index (χ3n) is 2.48. The lowest BCUT2D eigenvalue weighted by Crippen LogP contribution is -2.47. The maximum Gasteiger partial charge on any atom is 0.242 e. The summed E-state index contributed by atoms with van der Waals surface area (Å²) in [6.45, 7) is -1.17. The van der Waals surface area contributed by atoms with Crippen molar-refractivity contribution in [2.24, 2.45) is 5.11 Å². The van der Waals surface area contributed by atoms with Crippen molar-refractivity contribution >= 4 is 21.6 Å². The first kappa shape index (κ1) is 17.6. The van der Waals surface area contributed by atoms with E-state index in [-0.39, 0.29) is 5.02 Å². The van der Waals surface area contributed by atoms with Gasteiger partial charge in [-0.05, 0) is 23.7 Å². The lowest BCUT2D eigenvalue weighted by molar-refractivity contribution is 0.107. The van der Waals surface area contributed by atoms with Crippen molar-refractivity contribution < 1.29 is 23.0 Å². The van der Waals surface area contributed by atoms with Gasteiger partial charge in [0.2, 0.25) is 10.0 Å². The molecule has 116 valence electrons. The summed E-state index contributed by atoms with van der Waals surface area (Å²) < 4.78 is 39.1. The topological polar surface area (TPSA) is 135 Å². The van der Waals surface area contributed by atoms with Crippen molar-refractivity contribution in [2.75, 3.05) is 13.2 Å². The Bertz CT molecular complexity index is 650. The number of hydrogen-bond acceptors (Lipinski definition) is 5. The molecule has 0 aliphatic carbocycles. The van der Waals surface area contributed by atoms with Crippen molar-refractivity contribution in [3.8, 4) is 0 Å². The van der Waals surface area contributed by atoms with E-state index in [0.29, 0.717) is 0 Å². The second-order valence-corrected chi connectivity index (χ2v) is 6.06. The van der Waals surface area contributed by atoms with Gasteiger partial charge < -0.3 is 10.2 Å². The minimum absolute atomic E-state index is 0.344. The highest BCUT2D eigenvalue weighted by atomic mass is 35.5. The monoisotopic (exact) mass is 338 g/mol.